The van der Waals surface area contributed by atoms with Crippen LogP contribution in [0.25, 0.3) is 10.4 Å². The minimum absolute atomic E-state index is 0.0703. The molecule has 4 N–H and O–H groups in total. The number of sulfonamides is 1. The molecule has 9 heteroatoms. The van der Waals surface area contributed by atoms with Crippen molar-refractivity contribution in [1.29, 1.82) is 0 Å². The molecule has 1 amide bonds. The minimum Gasteiger partial charge on any atom is -0.438 e. The lowest BCUT2D eigenvalue weighted by Crippen LogP contribution is -2.34. The van der Waals surface area contributed by atoms with E-state index in [1.807, 2.05) is 44.2 Å². The summed E-state index contributed by atoms with van der Waals surface area (Å²) in [4.78, 5) is 12.8. The van der Waals surface area contributed by atoms with Gasteiger partial charge in [0.05, 0.1) is 15.6 Å². The molecule has 2 heterocycles. The fraction of sp³-hybridized carbons (Fsp3) is 0.150. The van der Waals surface area contributed by atoms with Crippen molar-refractivity contribution in [1.82, 2.24) is 0 Å². The number of fused-ring (bicyclic) bond motifs is 1. The Morgan fingerprint density at radius 3 is 2.48 bits per heavy atom. The van der Waals surface area contributed by atoms with Gasteiger partial charge in [0.25, 0.3) is 0 Å². The van der Waals surface area contributed by atoms with Gasteiger partial charge < -0.3 is 10.1 Å². The van der Waals surface area contributed by atoms with Gasteiger partial charge in [0.1, 0.15) is 5.60 Å². The number of nitrogens with two attached hydrogens (primary N) is 1. The summed E-state index contributed by atoms with van der Waals surface area (Å²) >= 11 is 1.56. The molecule has 0 saturated carbocycles. The summed E-state index contributed by atoms with van der Waals surface area (Å²) < 4.78 is 28.1. The third-order valence-electron chi connectivity index (χ3n) is 4.59. The third-order valence-corrected chi connectivity index (χ3v) is 6.57. The van der Waals surface area contributed by atoms with Crippen molar-refractivity contribution in [3.63, 3.8) is 0 Å². The predicted molar refractivity (Wildman–Crippen MR) is 114 cm³/mol. The Morgan fingerprint density at radius 1 is 1.07 bits per heavy atom. The predicted octanol–water partition coefficient (Wildman–Crippen LogP) is 4.60. The van der Waals surface area contributed by atoms with E-state index in [1.54, 1.807) is 23.5 Å². The van der Waals surface area contributed by atoms with E-state index >= 15 is 0 Å². The van der Waals surface area contributed by atoms with Crippen molar-refractivity contribution in [2.45, 2.75) is 24.3 Å². The Hall–Kier alpha value is -2.88. The molecule has 1 aliphatic rings. The average molecular weight is 430 g/mol. The topological polar surface area (TPSA) is 111 Å². The molecule has 0 saturated heterocycles. The molecular formula is C20H19N3O4S2. The van der Waals surface area contributed by atoms with Crippen molar-refractivity contribution in [3.05, 3.63) is 60.2 Å². The van der Waals surface area contributed by atoms with Crippen LogP contribution >= 0.6 is 11.3 Å². The third kappa shape index (κ3) is 3.98. The van der Waals surface area contributed by atoms with E-state index in [0.29, 0.717) is 0 Å². The van der Waals surface area contributed by atoms with Gasteiger partial charge in [-0.25, -0.2) is 18.4 Å². The highest BCUT2D eigenvalue weighted by atomic mass is 32.2. The van der Waals surface area contributed by atoms with Crippen molar-refractivity contribution in [2.75, 3.05) is 10.6 Å². The second kappa shape index (κ2) is 6.87. The minimum atomic E-state index is -3.71. The molecule has 1 aromatic heterocycles. The molecule has 7 nitrogen and oxygen atoms in total. The molecule has 0 radical (unpaired) electrons. The zero-order valence-electron chi connectivity index (χ0n) is 15.7. The highest BCUT2D eigenvalue weighted by molar-refractivity contribution is 7.89. The van der Waals surface area contributed by atoms with Crippen molar-refractivity contribution in [3.8, 4) is 10.4 Å². The van der Waals surface area contributed by atoms with E-state index in [1.165, 1.54) is 12.1 Å². The van der Waals surface area contributed by atoms with Crippen LogP contribution in [0.5, 0.6) is 0 Å². The van der Waals surface area contributed by atoms with E-state index in [0.717, 1.165) is 32.4 Å². The number of thiophene rings is 1. The van der Waals surface area contributed by atoms with Crippen molar-refractivity contribution in [2.24, 2.45) is 5.14 Å². The summed E-state index contributed by atoms with van der Waals surface area (Å²) in [6.07, 6.45) is -0.452. The monoisotopic (exact) mass is 429 g/mol. The van der Waals surface area contributed by atoms with E-state index in [4.69, 9.17) is 9.88 Å². The first kappa shape index (κ1) is 19.4. The first-order chi connectivity index (χ1) is 13.6. The fourth-order valence-electron chi connectivity index (χ4n) is 3.16. The highest BCUT2D eigenvalue weighted by Gasteiger charge is 2.33. The van der Waals surface area contributed by atoms with Crippen LogP contribution in [-0.4, -0.2) is 14.5 Å². The summed E-state index contributed by atoms with van der Waals surface area (Å²) in [6, 6.07) is 16.1. The van der Waals surface area contributed by atoms with E-state index in [-0.39, 0.29) is 4.90 Å². The molecule has 0 atom stereocenters. The maximum atomic E-state index is 11.7. The van der Waals surface area contributed by atoms with Crippen LogP contribution in [0.3, 0.4) is 0 Å². The van der Waals surface area contributed by atoms with Crippen LogP contribution in [0.15, 0.2) is 59.5 Å². The normalized spacial score (nSPS) is 15.2. The number of hydrogen-bond donors (Lipinski definition) is 3. The Balaban J connectivity index is 1.58. The number of nitrogens with one attached hydrogen (secondary N) is 2. The summed E-state index contributed by atoms with van der Waals surface area (Å²) in [5.41, 5.74) is 2.72. The van der Waals surface area contributed by atoms with E-state index in [2.05, 4.69) is 10.6 Å². The largest absolute Gasteiger partial charge is 0.438 e. The lowest BCUT2D eigenvalue weighted by molar-refractivity contribution is 0.0421. The quantitative estimate of drug-likeness (QED) is 0.561. The number of primary sulfonamides is 1. The van der Waals surface area contributed by atoms with Crippen LogP contribution in [0.1, 0.15) is 19.4 Å². The molecule has 0 aliphatic carbocycles. The second-order valence-corrected chi connectivity index (χ2v) is 9.79. The van der Waals surface area contributed by atoms with Gasteiger partial charge in [0, 0.05) is 16.1 Å². The SMILES string of the molecule is CC1(C)OC(=O)Nc2ccc(-c3ccc(Nc4ccc(S(N)(=O)=O)cc4)s3)cc21. The highest BCUT2D eigenvalue weighted by Crippen LogP contribution is 2.40. The van der Waals surface area contributed by atoms with Gasteiger partial charge in [-0.05, 0) is 67.9 Å². The zero-order chi connectivity index (χ0) is 20.8. The molecule has 3 aromatic rings. The Labute approximate surface area is 172 Å². The fourth-order valence-corrected chi connectivity index (χ4v) is 4.60. The molecule has 0 fully saturated rings. The zero-order valence-corrected chi connectivity index (χ0v) is 17.4. The van der Waals surface area contributed by atoms with Gasteiger partial charge in [-0.2, -0.15) is 0 Å². The lowest BCUT2D eigenvalue weighted by Gasteiger charge is -2.32. The molecule has 0 bridgehead atoms. The number of amides is 1. The first-order valence-electron chi connectivity index (χ1n) is 8.76. The number of rotatable bonds is 4. The molecule has 0 unspecified atom stereocenters. The Morgan fingerprint density at radius 2 is 1.79 bits per heavy atom. The number of anilines is 3. The summed E-state index contributed by atoms with van der Waals surface area (Å²) in [7, 11) is -3.71. The van der Waals surface area contributed by atoms with Gasteiger partial charge in [0.15, 0.2) is 0 Å². The molecule has 4 rings (SSSR count). The maximum absolute atomic E-state index is 11.7. The number of carbonyl (C=O) groups excluding carboxylic acids is 1. The van der Waals surface area contributed by atoms with Gasteiger partial charge in [-0.3, -0.25) is 5.32 Å². The number of hydrogen-bond acceptors (Lipinski definition) is 6. The molecule has 2 aromatic carbocycles. The number of benzene rings is 2. The molecule has 150 valence electrons. The lowest BCUT2D eigenvalue weighted by atomic mass is 9.93. The number of cyclic esters (lactones) is 1. The molecular weight excluding hydrogens is 410 g/mol. The average Bonchev–Trinajstić information content (AvgIpc) is 3.09. The van der Waals surface area contributed by atoms with E-state index in [9.17, 15) is 13.2 Å². The van der Waals surface area contributed by atoms with Gasteiger partial charge >= 0.3 is 6.09 Å². The standard InChI is InChI=1S/C20H19N3O4S2/c1-20(2)15-11-12(3-8-16(15)23-19(24)27-20)17-9-10-18(28-17)22-13-4-6-14(7-5-13)29(21,25)26/h3-11,22H,1-2H3,(H,23,24)(H2,21,25,26). The Kier molecular flexibility index (Phi) is 4.60. The summed E-state index contributed by atoms with van der Waals surface area (Å²) in [5, 5.41) is 12.0. The molecule has 1 aliphatic heterocycles. The van der Waals surface area contributed by atoms with E-state index < -0.39 is 21.7 Å². The summed E-state index contributed by atoms with van der Waals surface area (Å²) in [5.74, 6) is 0. The van der Waals surface area contributed by atoms with Gasteiger partial charge in [-0.15, -0.1) is 11.3 Å². The number of ether oxygens (including phenoxy) is 1. The maximum Gasteiger partial charge on any atom is 0.412 e. The molecule has 29 heavy (non-hydrogen) atoms. The van der Waals surface area contributed by atoms with Gasteiger partial charge in [0.2, 0.25) is 10.0 Å². The van der Waals surface area contributed by atoms with Crippen molar-refractivity contribution >= 4 is 43.8 Å². The van der Waals surface area contributed by atoms with Crippen LogP contribution in [0.2, 0.25) is 0 Å². The van der Waals surface area contributed by atoms with Crippen LogP contribution in [0.4, 0.5) is 21.2 Å². The van der Waals surface area contributed by atoms with Crippen LogP contribution < -0.4 is 15.8 Å². The van der Waals surface area contributed by atoms with Gasteiger partial charge in [-0.1, -0.05) is 6.07 Å². The Bertz CT molecular complexity index is 1200. The van der Waals surface area contributed by atoms with Crippen LogP contribution in [-0.2, 0) is 20.4 Å². The second-order valence-electron chi connectivity index (χ2n) is 7.14. The summed E-state index contributed by atoms with van der Waals surface area (Å²) in [6.45, 7) is 3.72. The molecule has 0 spiro atoms. The van der Waals surface area contributed by atoms with Crippen molar-refractivity contribution < 1.29 is 17.9 Å². The first-order valence-corrected chi connectivity index (χ1v) is 11.1. The number of carbonyl (C=O) groups is 1. The van der Waals surface area contributed by atoms with Crippen LogP contribution in [0, 0.1) is 0 Å². The smallest absolute Gasteiger partial charge is 0.412 e.